The number of hydrogen-bond acceptors (Lipinski definition) is 3. The molecule has 1 aromatic carbocycles. The lowest BCUT2D eigenvalue weighted by Crippen LogP contribution is -2.06. The van der Waals surface area contributed by atoms with Gasteiger partial charge in [-0.3, -0.25) is 0 Å². The number of halogens is 3. The van der Waals surface area contributed by atoms with Gasteiger partial charge in [0.05, 0.1) is 5.56 Å². The van der Waals surface area contributed by atoms with Crippen molar-refractivity contribution in [1.82, 2.24) is 9.97 Å². The maximum atomic E-state index is 12.4. The molecule has 0 saturated carbocycles. The third kappa shape index (κ3) is 3.67. The normalized spacial score (nSPS) is 11.4. The summed E-state index contributed by atoms with van der Waals surface area (Å²) in [6.07, 6.45) is -2.86. The molecule has 0 radical (unpaired) electrons. The molecule has 0 aliphatic carbocycles. The van der Waals surface area contributed by atoms with Crippen LogP contribution in [0.15, 0.2) is 36.7 Å². The first-order valence-corrected chi connectivity index (χ1v) is 5.64. The number of nitrogens with one attached hydrogen (secondary N) is 1. The Balaban J connectivity index is 2.01. The Morgan fingerprint density at radius 2 is 1.79 bits per heavy atom. The average Bonchev–Trinajstić information content (AvgIpc) is 2.36. The zero-order valence-electron chi connectivity index (χ0n) is 10.2. The minimum Gasteiger partial charge on any atom is -0.366 e. The maximum Gasteiger partial charge on any atom is 0.416 e. The van der Waals surface area contributed by atoms with E-state index in [1.54, 1.807) is 6.07 Å². The number of hydrogen-bond donors (Lipinski definition) is 1. The van der Waals surface area contributed by atoms with Gasteiger partial charge >= 0.3 is 6.18 Å². The molecular weight excluding hydrogens is 255 g/mol. The molecule has 0 unspecified atom stereocenters. The Bertz CT molecular complexity index is 550. The molecule has 100 valence electrons. The van der Waals surface area contributed by atoms with Gasteiger partial charge in [-0.1, -0.05) is 12.1 Å². The molecule has 0 fully saturated rings. The SMILES string of the molecule is Cc1cc(NCc2ccc(C(F)(F)F)cc2)ncn1. The molecule has 1 heterocycles. The number of nitrogens with zero attached hydrogens (tertiary/aromatic N) is 2. The second-order valence-electron chi connectivity index (χ2n) is 4.09. The minimum atomic E-state index is -4.30. The molecule has 0 saturated heterocycles. The van der Waals surface area contributed by atoms with Crippen LogP contribution in [0.1, 0.15) is 16.8 Å². The molecule has 1 N–H and O–H groups in total. The summed E-state index contributed by atoms with van der Waals surface area (Å²) in [6.45, 7) is 2.25. The zero-order chi connectivity index (χ0) is 13.9. The third-order valence-corrected chi connectivity index (χ3v) is 2.56. The minimum absolute atomic E-state index is 0.411. The van der Waals surface area contributed by atoms with Crippen molar-refractivity contribution in [1.29, 1.82) is 0 Å². The van der Waals surface area contributed by atoms with Gasteiger partial charge < -0.3 is 5.32 Å². The Labute approximate surface area is 108 Å². The first-order chi connectivity index (χ1) is 8.95. The highest BCUT2D eigenvalue weighted by Gasteiger charge is 2.29. The van der Waals surface area contributed by atoms with Crippen LogP contribution in [0.25, 0.3) is 0 Å². The van der Waals surface area contributed by atoms with Gasteiger partial charge in [0.2, 0.25) is 0 Å². The molecule has 1 aromatic heterocycles. The van der Waals surface area contributed by atoms with Crippen molar-refractivity contribution < 1.29 is 13.2 Å². The molecule has 0 aliphatic heterocycles. The molecule has 19 heavy (non-hydrogen) atoms. The Kier molecular flexibility index (Phi) is 3.69. The van der Waals surface area contributed by atoms with Crippen LogP contribution >= 0.6 is 0 Å². The van der Waals surface area contributed by atoms with Crippen LogP contribution in [0.5, 0.6) is 0 Å². The highest BCUT2D eigenvalue weighted by Crippen LogP contribution is 2.29. The zero-order valence-corrected chi connectivity index (χ0v) is 10.2. The molecule has 0 aliphatic rings. The summed E-state index contributed by atoms with van der Waals surface area (Å²) in [5, 5.41) is 3.03. The first-order valence-electron chi connectivity index (χ1n) is 5.64. The van der Waals surface area contributed by atoms with Gasteiger partial charge in [-0.2, -0.15) is 13.2 Å². The summed E-state index contributed by atoms with van der Waals surface area (Å²) in [6, 6.07) is 6.81. The molecular formula is C13H12F3N3. The van der Waals surface area contributed by atoms with Crippen LogP contribution in [0.4, 0.5) is 19.0 Å². The number of alkyl halides is 3. The van der Waals surface area contributed by atoms with Crippen molar-refractivity contribution >= 4 is 5.82 Å². The van der Waals surface area contributed by atoms with E-state index in [4.69, 9.17) is 0 Å². The van der Waals surface area contributed by atoms with E-state index in [1.807, 2.05) is 6.92 Å². The summed E-state index contributed by atoms with van der Waals surface area (Å²) >= 11 is 0. The van der Waals surface area contributed by atoms with Crippen LogP contribution in [0, 0.1) is 6.92 Å². The predicted molar refractivity (Wildman–Crippen MR) is 65.5 cm³/mol. The maximum absolute atomic E-state index is 12.4. The van der Waals surface area contributed by atoms with Gasteiger partial charge in [0.25, 0.3) is 0 Å². The van der Waals surface area contributed by atoms with E-state index in [9.17, 15) is 13.2 Å². The lowest BCUT2D eigenvalue weighted by molar-refractivity contribution is -0.137. The molecule has 0 spiro atoms. The lowest BCUT2D eigenvalue weighted by atomic mass is 10.1. The number of anilines is 1. The summed E-state index contributed by atoms with van der Waals surface area (Å²) < 4.78 is 37.1. The molecule has 0 amide bonds. The quantitative estimate of drug-likeness (QED) is 0.926. The van der Waals surface area contributed by atoms with Crippen LogP contribution in [0.3, 0.4) is 0 Å². The number of benzene rings is 1. The molecule has 3 nitrogen and oxygen atoms in total. The van der Waals surface area contributed by atoms with Crippen LogP contribution in [-0.4, -0.2) is 9.97 Å². The summed E-state index contributed by atoms with van der Waals surface area (Å²) in [5.41, 5.74) is 0.934. The summed E-state index contributed by atoms with van der Waals surface area (Å²) in [4.78, 5) is 7.97. The molecule has 6 heteroatoms. The fraction of sp³-hybridized carbons (Fsp3) is 0.231. The highest BCUT2D eigenvalue weighted by atomic mass is 19.4. The second-order valence-corrected chi connectivity index (χ2v) is 4.09. The summed E-state index contributed by atoms with van der Waals surface area (Å²) in [7, 11) is 0. The van der Waals surface area contributed by atoms with E-state index in [-0.39, 0.29) is 0 Å². The van der Waals surface area contributed by atoms with Crippen LogP contribution in [0.2, 0.25) is 0 Å². The van der Waals surface area contributed by atoms with Crippen molar-refractivity contribution in [2.75, 3.05) is 5.32 Å². The van der Waals surface area contributed by atoms with Gasteiger partial charge in [-0.05, 0) is 24.6 Å². The highest BCUT2D eigenvalue weighted by molar-refractivity contribution is 5.36. The van der Waals surface area contributed by atoms with E-state index >= 15 is 0 Å². The largest absolute Gasteiger partial charge is 0.416 e. The molecule has 0 atom stereocenters. The van der Waals surface area contributed by atoms with Crippen LogP contribution < -0.4 is 5.32 Å². The van der Waals surface area contributed by atoms with Crippen LogP contribution in [-0.2, 0) is 12.7 Å². The summed E-state index contributed by atoms with van der Waals surface area (Å²) in [5.74, 6) is 0.646. The van der Waals surface area contributed by atoms with E-state index in [0.29, 0.717) is 12.4 Å². The molecule has 2 rings (SSSR count). The smallest absolute Gasteiger partial charge is 0.366 e. The van der Waals surface area contributed by atoms with E-state index in [1.165, 1.54) is 18.5 Å². The van der Waals surface area contributed by atoms with Crippen molar-refractivity contribution in [3.63, 3.8) is 0 Å². The second kappa shape index (κ2) is 5.26. The topological polar surface area (TPSA) is 37.8 Å². The van der Waals surface area contributed by atoms with E-state index in [2.05, 4.69) is 15.3 Å². The standard InChI is InChI=1S/C13H12F3N3/c1-9-6-12(19-8-18-9)17-7-10-2-4-11(5-3-10)13(14,15)16/h2-6,8H,7H2,1H3,(H,17,18,19). The number of aromatic nitrogens is 2. The first kappa shape index (κ1) is 13.3. The Morgan fingerprint density at radius 1 is 1.11 bits per heavy atom. The van der Waals surface area contributed by atoms with Crippen molar-refractivity contribution in [2.45, 2.75) is 19.6 Å². The predicted octanol–water partition coefficient (Wildman–Crippen LogP) is 3.42. The van der Waals surface area contributed by atoms with E-state index in [0.717, 1.165) is 23.4 Å². The Hall–Kier alpha value is -2.11. The van der Waals surface area contributed by atoms with Crippen molar-refractivity contribution in [3.05, 3.63) is 53.5 Å². The fourth-order valence-electron chi connectivity index (χ4n) is 1.56. The van der Waals surface area contributed by atoms with Gasteiger partial charge in [-0.25, -0.2) is 9.97 Å². The third-order valence-electron chi connectivity index (χ3n) is 2.56. The lowest BCUT2D eigenvalue weighted by Gasteiger charge is -2.09. The van der Waals surface area contributed by atoms with Gasteiger partial charge in [-0.15, -0.1) is 0 Å². The molecule has 0 bridgehead atoms. The van der Waals surface area contributed by atoms with Crippen molar-refractivity contribution in [2.24, 2.45) is 0 Å². The van der Waals surface area contributed by atoms with E-state index < -0.39 is 11.7 Å². The Morgan fingerprint density at radius 3 is 2.37 bits per heavy atom. The van der Waals surface area contributed by atoms with Gasteiger partial charge in [0.1, 0.15) is 12.1 Å². The average molecular weight is 267 g/mol. The number of aryl methyl sites for hydroxylation is 1. The van der Waals surface area contributed by atoms with Gasteiger partial charge in [0.15, 0.2) is 0 Å². The monoisotopic (exact) mass is 267 g/mol. The molecule has 2 aromatic rings. The van der Waals surface area contributed by atoms with Gasteiger partial charge in [0, 0.05) is 18.3 Å². The fourth-order valence-corrected chi connectivity index (χ4v) is 1.56. The van der Waals surface area contributed by atoms with Crippen molar-refractivity contribution in [3.8, 4) is 0 Å². The number of rotatable bonds is 3.